The zero-order chi connectivity index (χ0) is 19.6. The molecule has 1 saturated carbocycles. The van der Waals surface area contributed by atoms with Gasteiger partial charge in [-0.05, 0) is 36.6 Å². The zero-order valence-electron chi connectivity index (χ0n) is 16.3. The number of rotatable bonds is 6. The molecule has 7 nitrogen and oxygen atoms in total. The number of piperazine rings is 1. The van der Waals surface area contributed by atoms with Crippen molar-refractivity contribution >= 4 is 38.4 Å². The maximum absolute atomic E-state index is 12.2. The summed E-state index contributed by atoms with van der Waals surface area (Å²) in [4.78, 5) is 21.5. The molecule has 3 aromatic rings. The fraction of sp³-hybridized carbons (Fsp3) is 0.429. The third-order valence-corrected chi connectivity index (χ3v) is 6.67. The molecule has 1 saturated heterocycles. The summed E-state index contributed by atoms with van der Waals surface area (Å²) in [6.07, 6.45) is 3.67. The Labute approximate surface area is 173 Å². The predicted molar refractivity (Wildman–Crippen MR) is 116 cm³/mol. The summed E-state index contributed by atoms with van der Waals surface area (Å²) in [5.74, 6) is 1.50. The van der Waals surface area contributed by atoms with Crippen LogP contribution >= 0.6 is 11.3 Å². The Balaban J connectivity index is 1.16. The maximum Gasteiger partial charge on any atom is 0.271 e. The smallest absolute Gasteiger partial charge is 0.271 e. The highest BCUT2D eigenvalue weighted by molar-refractivity contribution is 7.22. The Morgan fingerprint density at radius 1 is 1.03 bits per heavy atom. The number of benzene rings is 1. The van der Waals surface area contributed by atoms with Gasteiger partial charge in [0.25, 0.3) is 5.91 Å². The summed E-state index contributed by atoms with van der Waals surface area (Å²) in [5.41, 5.74) is 1.45. The lowest BCUT2D eigenvalue weighted by Gasteiger charge is -2.34. The molecule has 8 heteroatoms. The lowest BCUT2D eigenvalue weighted by Crippen LogP contribution is -2.46. The van der Waals surface area contributed by atoms with Crippen LogP contribution in [0.5, 0.6) is 0 Å². The van der Waals surface area contributed by atoms with Crippen LogP contribution in [0.2, 0.25) is 0 Å². The molecule has 0 spiro atoms. The van der Waals surface area contributed by atoms with E-state index in [0.717, 1.165) is 61.5 Å². The first kappa shape index (κ1) is 18.3. The molecule has 0 atom stereocenters. The van der Waals surface area contributed by atoms with E-state index in [1.807, 2.05) is 12.1 Å². The normalized spacial score (nSPS) is 17.0. The van der Waals surface area contributed by atoms with Gasteiger partial charge in [-0.2, -0.15) is 0 Å². The van der Waals surface area contributed by atoms with E-state index in [0.29, 0.717) is 5.69 Å². The number of nitrogens with one attached hydrogen (secondary N) is 1. The monoisotopic (exact) mass is 408 g/mol. The number of nitrogens with zero attached hydrogens (tertiary/aromatic N) is 5. The van der Waals surface area contributed by atoms with Gasteiger partial charge in [-0.3, -0.25) is 4.79 Å². The third-order valence-electron chi connectivity index (χ3n) is 5.57. The van der Waals surface area contributed by atoms with Crippen molar-refractivity contribution in [2.45, 2.75) is 19.3 Å². The largest absolute Gasteiger partial charge is 0.352 e. The van der Waals surface area contributed by atoms with E-state index in [1.165, 1.54) is 17.5 Å². The van der Waals surface area contributed by atoms with E-state index in [2.05, 4.69) is 43.5 Å². The average molecular weight is 409 g/mol. The van der Waals surface area contributed by atoms with Gasteiger partial charge in [0.15, 0.2) is 16.6 Å². The lowest BCUT2D eigenvalue weighted by molar-refractivity contribution is 0.0946. The van der Waals surface area contributed by atoms with Crippen LogP contribution < -0.4 is 15.1 Å². The fourth-order valence-corrected chi connectivity index (χ4v) is 4.64. The van der Waals surface area contributed by atoms with Crippen LogP contribution in [0.25, 0.3) is 10.2 Å². The molecule has 1 N–H and O–H groups in total. The van der Waals surface area contributed by atoms with Gasteiger partial charge in [0.1, 0.15) is 0 Å². The van der Waals surface area contributed by atoms with E-state index in [-0.39, 0.29) is 5.91 Å². The van der Waals surface area contributed by atoms with Crippen LogP contribution in [-0.4, -0.2) is 53.8 Å². The summed E-state index contributed by atoms with van der Waals surface area (Å²) < 4.78 is 1.22. The van der Waals surface area contributed by atoms with Gasteiger partial charge < -0.3 is 15.1 Å². The number of hydrogen-bond acceptors (Lipinski definition) is 7. The summed E-state index contributed by atoms with van der Waals surface area (Å²) >= 11 is 1.74. The average Bonchev–Trinajstić information content (AvgIpc) is 3.49. The van der Waals surface area contributed by atoms with Gasteiger partial charge in [0.05, 0.1) is 10.2 Å². The Morgan fingerprint density at radius 2 is 1.83 bits per heavy atom. The van der Waals surface area contributed by atoms with Crippen molar-refractivity contribution in [3.63, 3.8) is 0 Å². The molecule has 0 radical (unpaired) electrons. The molecule has 2 fully saturated rings. The Morgan fingerprint density at radius 3 is 2.55 bits per heavy atom. The first-order valence-electron chi connectivity index (χ1n) is 10.2. The van der Waals surface area contributed by atoms with E-state index >= 15 is 0 Å². The first-order valence-corrected chi connectivity index (χ1v) is 11.1. The molecular formula is C21H24N6OS. The molecule has 1 amide bonds. The number of fused-ring (bicyclic) bond motifs is 1. The van der Waals surface area contributed by atoms with E-state index in [4.69, 9.17) is 4.98 Å². The molecule has 2 aromatic heterocycles. The predicted octanol–water partition coefficient (Wildman–Crippen LogP) is 2.94. The maximum atomic E-state index is 12.2. The molecule has 1 aliphatic heterocycles. The number of carbonyl (C=O) groups excluding carboxylic acids is 1. The second-order valence-electron chi connectivity index (χ2n) is 7.70. The molecule has 5 rings (SSSR count). The van der Waals surface area contributed by atoms with E-state index in [9.17, 15) is 4.79 Å². The number of hydrogen-bond donors (Lipinski definition) is 1. The standard InChI is InChI=1S/C21H24N6OS/c28-20(22-10-9-15-5-6-15)17-7-8-19(25-24-17)26-11-13-27(14-12-26)21-23-16-3-1-2-4-18(16)29-21/h1-4,7-8,15H,5-6,9-14H2,(H,22,28). The fourth-order valence-electron chi connectivity index (χ4n) is 3.62. The SMILES string of the molecule is O=C(NCCC1CC1)c1ccc(N2CCN(c3nc4ccccc4s3)CC2)nn1. The molecule has 0 bridgehead atoms. The summed E-state index contributed by atoms with van der Waals surface area (Å²) in [6, 6.07) is 11.9. The molecule has 1 aliphatic carbocycles. The molecule has 3 heterocycles. The van der Waals surface area contributed by atoms with Gasteiger partial charge in [-0.1, -0.05) is 36.3 Å². The zero-order valence-corrected chi connectivity index (χ0v) is 17.1. The second-order valence-corrected chi connectivity index (χ2v) is 8.71. The number of anilines is 2. The van der Waals surface area contributed by atoms with Crippen LogP contribution in [-0.2, 0) is 0 Å². The molecule has 1 aromatic carbocycles. The molecule has 29 heavy (non-hydrogen) atoms. The third kappa shape index (κ3) is 4.17. The van der Waals surface area contributed by atoms with E-state index in [1.54, 1.807) is 17.4 Å². The Bertz CT molecular complexity index is 959. The molecule has 0 unspecified atom stereocenters. The van der Waals surface area contributed by atoms with Crippen molar-refractivity contribution < 1.29 is 4.79 Å². The highest BCUT2D eigenvalue weighted by Crippen LogP contribution is 2.31. The summed E-state index contributed by atoms with van der Waals surface area (Å²) in [5, 5.41) is 12.5. The Kier molecular flexibility index (Phi) is 5.01. The van der Waals surface area contributed by atoms with Crippen LogP contribution in [0.3, 0.4) is 0 Å². The topological polar surface area (TPSA) is 74.2 Å². The lowest BCUT2D eigenvalue weighted by atomic mass is 10.3. The number of thiazole rings is 1. The number of carbonyl (C=O) groups is 1. The van der Waals surface area contributed by atoms with Crippen LogP contribution in [0, 0.1) is 5.92 Å². The van der Waals surface area contributed by atoms with E-state index < -0.39 is 0 Å². The number of aromatic nitrogens is 3. The van der Waals surface area contributed by atoms with Gasteiger partial charge >= 0.3 is 0 Å². The van der Waals surface area contributed by atoms with Gasteiger partial charge in [-0.15, -0.1) is 10.2 Å². The minimum Gasteiger partial charge on any atom is -0.352 e. The van der Waals surface area contributed by atoms with Crippen LogP contribution in [0.4, 0.5) is 10.9 Å². The second kappa shape index (κ2) is 7.94. The van der Waals surface area contributed by atoms with Gasteiger partial charge in [0.2, 0.25) is 0 Å². The highest BCUT2D eigenvalue weighted by atomic mass is 32.1. The first-order chi connectivity index (χ1) is 14.3. The van der Waals surface area contributed by atoms with Crippen LogP contribution in [0.1, 0.15) is 29.8 Å². The Hall–Kier alpha value is -2.74. The molecule has 150 valence electrons. The molecular weight excluding hydrogens is 384 g/mol. The van der Waals surface area contributed by atoms with Crippen molar-refractivity contribution in [1.82, 2.24) is 20.5 Å². The van der Waals surface area contributed by atoms with Crippen molar-refractivity contribution in [3.05, 3.63) is 42.1 Å². The molecule has 2 aliphatic rings. The highest BCUT2D eigenvalue weighted by Gasteiger charge is 2.22. The van der Waals surface area contributed by atoms with Crippen molar-refractivity contribution in [3.8, 4) is 0 Å². The van der Waals surface area contributed by atoms with Crippen molar-refractivity contribution in [2.24, 2.45) is 5.92 Å². The van der Waals surface area contributed by atoms with Gasteiger partial charge in [0, 0.05) is 32.7 Å². The number of amides is 1. The summed E-state index contributed by atoms with van der Waals surface area (Å²) in [7, 11) is 0. The minimum absolute atomic E-state index is 0.134. The van der Waals surface area contributed by atoms with Gasteiger partial charge in [-0.25, -0.2) is 4.98 Å². The number of para-hydroxylation sites is 1. The quantitative estimate of drug-likeness (QED) is 0.676. The minimum atomic E-state index is -0.134. The summed E-state index contributed by atoms with van der Waals surface area (Å²) in [6.45, 7) is 4.23. The van der Waals surface area contributed by atoms with Crippen molar-refractivity contribution in [2.75, 3.05) is 42.5 Å². The van der Waals surface area contributed by atoms with Crippen molar-refractivity contribution in [1.29, 1.82) is 0 Å². The van der Waals surface area contributed by atoms with Crippen LogP contribution in [0.15, 0.2) is 36.4 Å².